The van der Waals surface area contributed by atoms with Crippen molar-refractivity contribution < 1.29 is 34.0 Å². The maximum atomic E-state index is 14.1. The summed E-state index contributed by atoms with van der Waals surface area (Å²) >= 11 is 6.45. The summed E-state index contributed by atoms with van der Waals surface area (Å²) in [5, 5.41) is 23.6. The second-order valence-corrected chi connectivity index (χ2v) is 11.0. The molecule has 0 aliphatic carbocycles. The lowest BCUT2D eigenvalue weighted by Crippen LogP contribution is -2.46. The third kappa shape index (κ3) is 7.31. The van der Waals surface area contributed by atoms with Gasteiger partial charge in [-0.15, -0.1) is 0 Å². The molecule has 2 aromatic rings. The molecule has 0 bridgehead atoms. The standard InChI is InChI=1S/C30H40ClN3O7/c1-19(36)20(18-35)17-34-24-10-9-21(31)15-23(24)28(22-7-6-8-25(39-2)29(22)40-3)41-26(30(34)38)16-27(37)32-11-14-33-12-4-5-13-33/h6-10,15,19-20,26,28,35-36H,4-5,11-14,16-18H2,1-3H3,(H,32,37)/t19?,20?,26-,28-/m1/s1. The summed E-state index contributed by atoms with van der Waals surface area (Å²) in [6.07, 6.45) is -0.774. The molecule has 2 heterocycles. The number of likely N-dealkylation sites (tertiary alicyclic amines) is 1. The highest BCUT2D eigenvalue weighted by Gasteiger charge is 2.40. The zero-order valence-electron chi connectivity index (χ0n) is 23.8. The molecule has 1 saturated heterocycles. The van der Waals surface area contributed by atoms with Crippen molar-refractivity contribution in [3.8, 4) is 11.5 Å². The molecule has 2 unspecified atom stereocenters. The van der Waals surface area contributed by atoms with Crippen molar-refractivity contribution in [3.63, 3.8) is 0 Å². The number of rotatable bonds is 12. The van der Waals surface area contributed by atoms with Gasteiger partial charge >= 0.3 is 0 Å². The Labute approximate surface area is 246 Å². The van der Waals surface area contributed by atoms with Gasteiger partial charge in [0.2, 0.25) is 5.91 Å². The highest BCUT2D eigenvalue weighted by molar-refractivity contribution is 6.30. The largest absolute Gasteiger partial charge is 0.493 e. The third-order valence-electron chi connectivity index (χ3n) is 7.77. The zero-order valence-corrected chi connectivity index (χ0v) is 24.6. The van der Waals surface area contributed by atoms with Crippen LogP contribution in [0.4, 0.5) is 5.69 Å². The molecule has 0 radical (unpaired) electrons. The highest BCUT2D eigenvalue weighted by atomic mass is 35.5. The molecule has 2 aliphatic rings. The van der Waals surface area contributed by atoms with Crippen molar-refractivity contribution in [2.24, 2.45) is 5.92 Å². The van der Waals surface area contributed by atoms with Crippen LogP contribution in [-0.4, -0.2) is 92.7 Å². The lowest BCUT2D eigenvalue weighted by atomic mass is 9.97. The maximum absolute atomic E-state index is 14.1. The Balaban J connectivity index is 1.72. The number of nitrogens with zero attached hydrogens (tertiary/aromatic N) is 2. The molecule has 2 aromatic carbocycles. The van der Waals surface area contributed by atoms with E-state index in [1.54, 1.807) is 37.3 Å². The van der Waals surface area contributed by atoms with E-state index >= 15 is 0 Å². The number of carbonyl (C=O) groups is 2. The molecule has 1 fully saturated rings. The molecule has 10 nitrogen and oxygen atoms in total. The van der Waals surface area contributed by atoms with Crippen molar-refractivity contribution in [3.05, 3.63) is 52.5 Å². The first kappa shape index (κ1) is 31.1. The number of halogens is 1. The van der Waals surface area contributed by atoms with Gasteiger partial charge in [0.1, 0.15) is 12.2 Å². The van der Waals surface area contributed by atoms with Crippen LogP contribution in [0.3, 0.4) is 0 Å². The number of aliphatic hydroxyl groups is 2. The van der Waals surface area contributed by atoms with Gasteiger partial charge in [0.05, 0.1) is 33.4 Å². The van der Waals surface area contributed by atoms with E-state index in [2.05, 4.69) is 10.2 Å². The summed E-state index contributed by atoms with van der Waals surface area (Å²) in [7, 11) is 3.06. The lowest BCUT2D eigenvalue weighted by molar-refractivity contribution is -0.138. The van der Waals surface area contributed by atoms with Gasteiger partial charge in [0.15, 0.2) is 11.5 Å². The van der Waals surface area contributed by atoms with Crippen LogP contribution >= 0.6 is 11.6 Å². The molecule has 0 saturated carbocycles. The Morgan fingerprint density at radius 2 is 1.93 bits per heavy atom. The number of amides is 2. The minimum Gasteiger partial charge on any atom is -0.493 e. The molecule has 41 heavy (non-hydrogen) atoms. The number of benzene rings is 2. The molecular formula is C30H40ClN3O7. The number of hydrogen-bond acceptors (Lipinski definition) is 8. The molecule has 224 valence electrons. The number of para-hydroxylation sites is 1. The number of anilines is 1. The van der Waals surface area contributed by atoms with E-state index in [0.29, 0.717) is 39.9 Å². The Hall–Kier alpha value is -2.89. The first-order valence-corrected chi connectivity index (χ1v) is 14.4. The fourth-order valence-corrected chi connectivity index (χ4v) is 5.63. The number of hydrogen-bond donors (Lipinski definition) is 3. The predicted molar refractivity (Wildman–Crippen MR) is 156 cm³/mol. The van der Waals surface area contributed by atoms with Crippen LogP contribution in [0.2, 0.25) is 5.02 Å². The zero-order chi connectivity index (χ0) is 29.5. The fraction of sp³-hybridized carbons (Fsp3) is 0.533. The van der Waals surface area contributed by atoms with Gasteiger partial charge < -0.3 is 39.5 Å². The Kier molecular flexibility index (Phi) is 10.9. The number of carbonyl (C=O) groups excluding carboxylic acids is 2. The molecule has 4 rings (SSSR count). The van der Waals surface area contributed by atoms with E-state index in [0.717, 1.165) is 32.5 Å². The van der Waals surface area contributed by atoms with E-state index in [4.69, 9.17) is 25.8 Å². The average Bonchev–Trinajstić information content (AvgIpc) is 3.45. The van der Waals surface area contributed by atoms with Crippen LogP contribution in [0.5, 0.6) is 11.5 Å². The molecule has 3 N–H and O–H groups in total. The summed E-state index contributed by atoms with van der Waals surface area (Å²) in [5.41, 5.74) is 1.68. The van der Waals surface area contributed by atoms with Gasteiger partial charge in [0, 0.05) is 47.4 Å². The summed E-state index contributed by atoms with van der Waals surface area (Å²) in [6, 6.07) is 10.5. The average molecular weight is 590 g/mol. The second-order valence-electron chi connectivity index (χ2n) is 10.5. The minimum absolute atomic E-state index is 0.0139. The molecular weight excluding hydrogens is 550 g/mol. The van der Waals surface area contributed by atoms with Crippen LogP contribution in [-0.2, 0) is 14.3 Å². The van der Waals surface area contributed by atoms with E-state index in [9.17, 15) is 19.8 Å². The maximum Gasteiger partial charge on any atom is 0.256 e. The molecule has 0 spiro atoms. The van der Waals surface area contributed by atoms with Crippen LogP contribution in [0, 0.1) is 5.92 Å². The van der Waals surface area contributed by atoms with Crippen molar-refractivity contribution in [2.75, 3.05) is 58.5 Å². The van der Waals surface area contributed by atoms with Gasteiger partial charge in [-0.3, -0.25) is 9.59 Å². The van der Waals surface area contributed by atoms with Crippen LogP contribution in [0.25, 0.3) is 0 Å². The summed E-state index contributed by atoms with van der Waals surface area (Å²) in [6.45, 7) is 4.51. The van der Waals surface area contributed by atoms with E-state index in [-0.39, 0.29) is 25.5 Å². The highest BCUT2D eigenvalue weighted by Crippen LogP contribution is 2.45. The van der Waals surface area contributed by atoms with Crippen molar-refractivity contribution in [1.29, 1.82) is 0 Å². The van der Waals surface area contributed by atoms with Crippen LogP contribution < -0.4 is 19.7 Å². The molecule has 4 atom stereocenters. The summed E-state index contributed by atoms with van der Waals surface area (Å²) in [5.74, 6) is -0.475. The molecule has 11 heteroatoms. The smallest absolute Gasteiger partial charge is 0.256 e. The number of fused-ring (bicyclic) bond motifs is 1. The normalized spacial score (nSPS) is 20.7. The Bertz CT molecular complexity index is 1200. The Morgan fingerprint density at radius 1 is 1.17 bits per heavy atom. The SMILES string of the molecule is COc1cccc([C@H]2O[C@H](CC(=O)NCCN3CCCC3)C(=O)N(CC(CO)C(C)O)c3ccc(Cl)cc32)c1OC. The van der Waals surface area contributed by atoms with Crippen molar-refractivity contribution in [2.45, 2.75) is 44.5 Å². The first-order valence-electron chi connectivity index (χ1n) is 14.0. The van der Waals surface area contributed by atoms with Crippen LogP contribution in [0.1, 0.15) is 43.4 Å². The number of aliphatic hydroxyl groups excluding tert-OH is 2. The lowest BCUT2D eigenvalue weighted by Gasteiger charge is -2.29. The minimum atomic E-state index is -1.16. The molecule has 2 amide bonds. The molecule has 0 aromatic heterocycles. The van der Waals surface area contributed by atoms with Crippen molar-refractivity contribution >= 4 is 29.1 Å². The van der Waals surface area contributed by atoms with E-state index in [1.165, 1.54) is 19.1 Å². The summed E-state index contributed by atoms with van der Waals surface area (Å²) in [4.78, 5) is 31.0. The fourth-order valence-electron chi connectivity index (χ4n) is 5.45. The van der Waals surface area contributed by atoms with Gasteiger partial charge in [-0.1, -0.05) is 23.7 Å². The number of ether oxygens (including phenoxy) is 3. The number of methoxy groups -OCH3 is 2. The topological polar surface area (TPSA) is 121 Å². The van der Waals surface area contributed by atoms with Gasteiger partial charge in [-0.25, -0.2) is 0 Å². The van der Waals surface area contributed by atoms with Gasteiger partial charge in [-0.2, -0.15) is 0 Å². The first-order chi connectivity index (χ1) is 19.8. The number of nitrogens with one attached hydrogen (secondary N) is 1. The van der Waals surface area contributed by atoms with Gasteiger partial charge in [0.25, 0.3) is 5.91 Å². The quantitative estimate of drug-likeness (QED) is 0.346. The predicted octanol–water partition coefficient (Wildman–Crippen LogP) is 2.77. The monoisotopic (exact) mass is 589 g/mol. The summed E-state index contributed by atoms with van der Waals surface area (Å²) < 4.78 is 17.7. The third-order valence-corrected chi connectivity index (χ3v) is 8.01. The van der Waals surface area contributed by atoms with Crippen molar-refractivity contribution in [1.82, 2.24) is 10.2 Å². The van der Waals surface area contributed by atoms with E-state index < -0.39 is 30.1 Å². The second kappa shape index (κ2) is 14.3. The molecule has 2 aliphatic heterocycles. The van der Waals surface area contributed by atoms with Crippen LogP contribution in [0.15, 0.2) is 36.4 Å². The Morgan fingerprint density at radius 3 is 2.59 bits per heavy atom. The van der Waals surface area contributed by atoms with Gasteiger partial charge in [-0.05, 0) is 57.1 Å². The van der Waals surface area contributed by atoms with E-state index in [1.807, 2.05) is 6.07 Å².